The van der Waals surface area contributed by atoms with Gasteiger partial charge < -0.3 is 9.47 Å². The van der Waals surface area contributed by atoms with Crippen molar-refractivity contribution in [1.82, 2.24) is 4.90 Å². The summed E-state index contributed by atoms with van der Waals surface area (Å²) in [6.45, 7) is 2.20. The highest BCUT2D eigenvalue weighted by Gasteiger charge is 2.42. The maximum Gasteiger partial charge on any atom is 0.333 e. The van der Waals surface area contributed by atoms with Crippen LogP contribution in [-0.2, 0) is 14.3 Å². The monoisotopic (exact) mass is 489 g/mol. The van der Waals surface area contributed by atoms with E-state index in [-0.39, 0.29) is 12.5 Å². The number of benzene rings is 3. The molecule has 0 aromatic heterocycles. The van der Waals surface area contributed by atoms with E-state index in [1.54, 1.807) is 18.2 Å². The number of carbonyl (C=O) groups is 2. The molecule has 0 aliphatic carbocycles. The van der Waals surface area contributed by atoms with E-state index in [2.05, 4.69) is 0 Å². The maximum atomic E-state index is 13.4. The summed E-state index contributed by atoms with van der Waals surface area (Å²) in [6.07, 6.45) is 2.45. The van der Waals surface area contributed by atoms with E-state index in [1.807, 2.05) is 79.7 Å². The SMILES string of the molecule is CCCOC(=O)C(c1ccccc1)N1C(=O)/C(=C\c2cccc(Oc3ccccc3)c2)SC1=S. The number of rotatable bonds is 8. The molecule has 0 N–H and O–H groups in total. The standard InChI is InChI=1S/C27H23NO4S2/c1-2-16-31-26(30)24(20-11-5-3-6-12-20)28-25(29)23(34-27(28)33)18-19-10-9-15-22(17-19)32-21-13-7-4-8-14-21/h3-15,17-18,24H,2,16H2,1H3/b23-18+. The topological polar surface area (TPSA) is 55.8 Å². The van der Waals surface area contributed by atoms with Gasteiger partial charge in [-0.05, 0) is 47.9 Å². The van der Waals surface area contributed by atoms with Crippen molar-refractivity contribution >= 4 is 46.3 Å². The molecule has 0 spiro atoms. The first kappa shape index (κ1) is 23.7. The van der Waals surface area contributed by atoms with Gasteiger partial charge in [0.25, 0.3) is 5.91 Å². The van der Waals surface area contributed by atoms with Gasteiger partial charge in [0.15, 0.2) is 6.04 Å². The number of nitrogens with zero attached hydrogens (tertiary/aromatic N) is 1. The summed E-state index contributed by atoms with van der Waals surface area (Å²) in [5, 5.41) is 0. The summed E-state index contributed by atoms with van der Waals surface area (Å²) in [5.41, 5.74) is 1.44. The molecule has 1 saturated heterocycles. The zero-order valence-corrected chi connectivity index (χ0v) is 20.2. The van der Waals surface area contributed by atoms with Crippen LogP contribution < -0.4 is 4.74 Å². The van der Waals surface area contributed by atoms with Crippen LogP contribution in [0, 0.1) is 0 Å². The van der Waals surface area contributed by atoms with Gasteiger partial charge in [-0.25, -0.2) is 4.79 Å². The normalized spacial score (nSPS) is 15.4. The number of amides is 1. The van der Waals surface area contributed by atoms with Crippen molar-refractivity contribution in [3.63, 3.8) is 0 Å². The van der Waals surface area contributed by atoms with Crippen molar-refractivity contribution in [3.05, 3.63) is 101 Å². The molecule has 3 aromatic carbocycles. The van der Waals surface area contributed by atoms with Gasteiger partial charge in [0.1, 0.15) is 15.8 Å². The molecule has 1 aliphatic rings. The van der Waals surface area contributed by atoms with Gasteiger partial charge in [0, 0.05) is 0 Å². The largest absolute Gasteiger partial charge is 0.464 e. The average Bonchev–Trinajstić information content (AvgIpc) is 3.12. The van der Waals surface area contributed by atoms with E-state index in [1.165, 1.54) is 16.7 Å². The Morgan fingerprint density at radius 2 is 1.68 bits per heavy atom. The predicted octanol–water partition coefficient (Wildman–Crippen LogP) is 6.37. The Kier molecular flexibility index (Phi) is 7.77. The molecular weight excluding hydrogens is 466 g/mol. The van der Waals surface area contributed by atoms with Crippen LogP contribution in [0.1, 0.15) is 30.5 Å². The van der Waals surface area contributed by atoms with E-state index in [0.29, 0.717) is 27.0 Å². The fourth-order valence-electron chi connectivity index (χ4n) is 3.45. The quantitative estimate of drug-likeness (QED) is 0.208. The van der Waals surface area contributed by atoms with Gasteiger partial charge >= 0.3 is 5.97 Å². The summed E-state index contributed by atoms with van der Waals surface area (Å²) < 4.78 is 11.6. The minimum atomic E-state index is -0.932. The van der Waals surface area contributed by atoms with Gasteiger partial charge in [0.05, 0.1) is 11.5 Å². The molecule has 0 bridgehead atoms. The first-order valence-corrected chi connectivity index (χ1v) is 12.1. The molecule has 5 nitrogen and oxygen atoms in total. The van der Waals surface area contributed by atoms with Crippen molar-refractivity contribution in [2.24, 2.45) is 0 Å². The molecule has 1 heterocycles. The molecule has 3 aromatic rings. The number of hydrogen-bond acceptors (Lipinski definition) is 6. The minimum Gasteiger partial charge on any atom is -0.464 e. The predicted molar refractivity (Wildman–Crippen MR) is 138 cm³/mol. The third-order valence-corrected chi connectivity index (χ3v) is 6.33. The second-order valence-corrected chi connectivity index (χ2v) is 9.20. The summed E-state index contributed by atoms with van der Waals surface area (Å²) in [6, 6.07) is 25.1. The first-order chi connectivity index (χ1) is 16.6. The highest BCUT2D eigenvalue weighted by Crippen LogP contribution is 2.39. The van der Waals surface area contributed by atoms with Crippen LogP contribution in [0.25, 0.3) is 6.08 Å². The molecule has 1 fully saturated rings. The Morgan fingerprint density at radius 1 is 1.00 bits per heavy atom. The van der Waals surface area contributed by atoms with E-state index in [9.17, 15) is 9.59 Å². The number of ether oxygens (including phenoxy) is 2. The Hall–Kier alpha value is -3.42. The third-order valence-electron chi connectivity index (χ3n) is 5.00. The smallest absolute Gasteiger partial charge is 0.333 e. The van der Waals surface area contributed by atoms with E-state index in [0.717, 1.165) is 11.3 Å². The van der Waals surface area contributed by atoms with Crippen LogP contribution in [0.2, 0.25) is 0 Å². The van der Waals surface area contributed by atoms with E-state index >= 15 is 0 Å². The third kappa shape index (κ3) is 5.55. The summed E-state index contributed by atoms with van der Waals surface area (Å²) in [4.78, 5) is 28.1. The molecule has 1 atom stereocenters. The lowest BCUT2D eigenvalue weighted by molar-refractivity contribution is -0.151. The lowest BCUT2D eigenvalue weighted by atomic mass is 10.1. The van der Waals surface area contributed by atoms with Crippen molar-refractivity contribution in [2.45, 2.75) is 19.4 Å². The van der Waals surface area contributed by atoms with Crippen LogP contribution in [0.3, 0.4) is 0 Å². The number of esters is 1. The molecule has 0 radical (unpaired) electrons. The number of carbonyl (C=O) groups excluding carboxylic acids is 2. The molecule has 1 amide bonds. The average molecular weight is 490 g/mol. The molecule has 7 heteroatoms. The van der Waals surface area contributed by atoms with Gasteiger partial charge in [-0.2, -0.15) is 0 Å². The molecule has 1 aliphatic heterocycles. The fraction of sp³-hybridized carbons (Fsp3) is 0.148. The van der Waals surface area contributed by atoms with E-state index < -0.39 is 12.0 Å². The lowest BCUT2D eigenvalue weighted by Gasteiger charge is -2.25. The van der Waals surface area contributed by atoms with E-state index in [4.69, 9.17) is 21.7 Å². The molecule has 34 heavy (non-hydrogen) atoms. The molecule has 0 saturated carbocycles. The number of thioether (sulfide) groups is 1. The van der Waals surface area contributed by atoms with Crippen LogP contribution in [0.4, 0.5) is 0 Å². The van der Waals surface area contributed by atoms with Crippen molar-refractivity contribution in [3.8, 4) is 11.5 Å². The Balaban J connectivity index is 1.60. The van der Waals surface area contributed by atoms with Crippen LogP contribution in [-0.4, -0.2) is 27.7 Å². The molecule has 1 unspecified atom stereocenters. The van der Waals surface area contributed by atoms with Crippen molar-refractivity contribution < 1.29 is 19.1 Å². The van der Waals surface area contributed by atoms with Crippen molar-refractivity contribution in [2.75, 3.05) is 6.61 Å². The number of hydrogen-bond donors (Lipinski definition) is 0. The molecule has 172 valence electrons. The van der Waals surface area contributed by atoms with Crippen molar-refractivity contribution in [1.29, 1.82) is 0 Å². The summed E-state index contributed by atoms with van der Waals surface area (Å²) in [7, 11) is 0. The fourth-order valence-corrected chi connectivity index (χ4v) is 4.77. The van der Waals surface area contributed by atoms with Crippen LogP contribution >= 0.6 is 24.0 Å². The van der Waals surface area contributed by atoms with Gasteiger partial charge in [-0.3, -0.25) is 9.69 Å². The minimum absolute atomic E-state index is 0.279. The second-order valence-electron chi connectivity index (χ2n) is 7.52. The summed E-state index contributed by atoms with van der Waals surface area (Å²) in [5.74, 6) is 0.554. The van der Waals surface area contributed by atoms with Gasteiger partial charge in [0.2, 0.25) is 0 Å². The lowest BCUT2D eigenvalue weighted by Crippen LogP contribution is -2.38. The molecule has 4 rings (SSSR count). The molecular formula is C27H23NO4S2. The maximum absolute atomic E-state index is 13.4. The Bertz CT molecular complexity index is 1210. The van der Waals surface area contributed by atoms with Crippen LogP contribution in [0.5, 0.6) is 11.5 Å². The highest BCUT2D eigenvalue weighted by atomic mass is 32.2. The zero-order chi connectivity index (χ0) is 23.9. The van der Waals surface area contributed by atoms with Gasteiger partial charge in [-0.15, -0.1) is 0 Å². The number of para-hydroxylation sites is 1. The zero-order valence-electron chi connectivity index (χ0n) is 18.5. The Labute approximate surface area is 208 Å². The second kappa shape index (κ2) is 11.1. The first-order valence-electron chi connectivity index (χ1n) is 10.9. The number of thiocarbonyl (C=S) groups is 1. The van der Waals surface area contributed by atoms with Crippen LogP contribution in [0.15, 0.2) is 89.8 Å². The highest BCUT2D eigenvalue weighted by molar-refractivity contribution is 8.26. The van der Waals surface area contributed by atoms with Gasteiger partial charge in [-0.1, -0.05) is 91.6 Å². The summed E-state index contributed by atoms with van der Waals surface area (Å²) >= 11 is 6.70. The Morgan fingerprint density at radius 3 is 2.38 bits per heavy atom.